The molecular weight excluding hydrogens is 264 g/mol. The summed E-state index contributed by atoms with van der Waals surface area (Å²) in [6.45, 7) is 0.377. The molecule has 2 aromatic rings. The highest BCUT2D eigenvalue weighted by Gasteiger charge is 2.26. The number of pyridine rings is 1. The molecule has 1 fully saturated rings. The molecule has 7 heteroatoms. The summed E-state index contributed by atoms with van der Waals surface area (Å²) in [5.41, 5.74) is 0.815. The van der Waals surface area contributed by atoms with Crippen molar-refractivity contribution < 1.29 is 9.59 Å². The maximum absolute atomic E-state index is 11.8. The number of imidazole rings is 1. The number of fused-ring (bicyclic) bond motifs is 1. The zero-order chi connectivity index (χ0) is 13.4. The third kappa shape index (κ3) is 1.95. The van der Waals surface area contributed by atoms with Gasteiger partial charge in [0.2, 0.25) is 5.91 Å². The molecule has 1 N–H and O–H groups in total. The summed E-state index contributed by atoms with van der Waals surface area (Å²) in [6, 6.07) is 3.50. The van der Waals surface area contributed by atoms with Crippen LogP contribution in [-0.2, 0) is 4.79 Å². The van der Waals surface area contributed by atoms with Crippen LogP contribution in [-0.4, -0.2) is 34.1 Å². The van der Waals surface area contributed by atoms with E-state index in [9.17, 15) is 9.59 Å². The highest BCUT2D eigenvalue weighted by Crippen LogP contribution is 2.25. The van der Waals surface area contributed by atoms with Gasteiger partial charge in [-0.1, -0.05) is 0 Å². The van der Waals surface area contributed by atoms with Crippen molar-refractivity contribution in [1.29, 1.82) is 0 Å². The molecule has 3 amide bonds. The lowest BCUT2D eigenvalue weighted by Gasteiger charge is -2.25. The number of carbonyl (C=O) groups is 2. The van der Waals surface area contributed by atoms with E-state index in [2.05, 4.69) is 10.3 Å². The fraction of sp³-hybridized carbons (Fsp3) is 0.250. The maximum atomic E-state index is 11.8. The molecule has 0 aromatic carbocycles. The van der Waals surface area contributed by atoms with Crippen LogP contribution < -0.4 is 10.2 Å². The Morgan fingerprint density at radius 1 is 1.42 bits per heavy atom. The summed E-state index contributed by atoms with van der Waals surface area (Å²) in [4.78, 5) is 29.9. The van der Waals surface area contributed by atoms with Crippen LogP contribution in [0.1, 0.15) is 6.42 Å². The van der Waals surface area contributed by atoms with E-state index in [4.69, 9.17) is 0 Å². The van der Waals surface area contributed by atoms with Crippen molar-refractivity contribution in [3.8, 4) is 0 Å². The number of amides is 3. The van der Waals surface area contributed by atoms with E-state index in [0.29, 0.717) is 18.8 Å². The van der Waals surface area contributed by atoms with Crippen LogP contribution in [0.4, 0.5) is 10.6 Å². The number of nitrogens with zero attached hydrogens (tertiary/aromatic N) is 3. The predicted octanol–water partition coefficient (Wildman–Crippen LogP) is 1.50. The summed E-state index contributed by atoms with van der Waals surface area (Å²) >= 11 is 1.60. The Labute approximate surface area is 113 Å². The summed E-state index contributed by atoms with van der Waals surface area (Å²) in [6.07, 6.45) is 5.81. The molecule has 2 aromatic heterocycles. The van der Waals surface area contributed by atoms with Gasteiger partial charge in [0.25, 0.3) is 0 Å². The maximum Gasteiger partial charge on any atom is 0.329 e. The van der Waals surface area contributed by atoms with Crippen molar-refractivity contribution in [3.63, 3.8) is 0 Å². The zero-order valence-electron chi connectivity index (χ0n) is 10.3. The SMILES string of the molecule is CSc1cccn2c(N3CCC(=O)NC3=O)cnc12. The molecule has 1 aliphatic rings. The van der Waals surface area contributed by atoms with Crippen LogP contribution in [0.25, 0.3) is 5.65 Å². The molecule has 3 rings (SSSR count). The number of imide groups is 1. The highest BCUT2D eigenvalue weighted by atomic mass is 32.2. The number of hydrogen-bond donors (Lipinski definition) is 1. The summed E-state index contributed by atoms with van der Waals surface area (Å²) in [7, 11) is 0. The number of rotatable bonds is 2. The van der Waals surface area contributed by atoms with Crippen LogP contribution in [0.15, 0.2) is 29.4 Å². The van der Waals surface area contributed by atoms with E-state index in [0.717, 1.165) is 10.5 Å². The molecular formula is C12H12N4O2S. The highest BCUT2D eigenvalue weighted by molar-refractivity contribution is 7.98. The van der Waals surface area contributed by atoms with Crippen LogP contribution in [0, 0.1) is 0 Å². The van der Waals surface area contributed by atoms with E-state index in [1.165, 1.54) is 4.90 Å². The lowest BCUT2D eigenvalue weighted by molar-refractivity contribution is -0.120. The largest absolute Gasteiger partial charge is 0.329 e. The first kappa shape index (κ1) is 12.0. The molecule has 0 spiro atoms. The quantitative estimate of drug-likeness (QED) is 0.844. The molecule has 6 nitrogen and oxygen atoms in total. The van der Waals surface area contributed by atoms with Crippen molar-refractivity contribution in [2.45, 2.75) is 11.3 Å². The Morgan fingerprint density at radius 2 is 2.26 bits per heavy atom. The first-order chi connectivity index (χ1) is 9.20. The number of anilines is 1. The standard InChI is InChI=1S/C12H12N4O2S/c1-19-8-3-2-5-15-10(7-13-11(8)15)16-6-4-9(17)14-12(16)18/h2-3,5,7H,4,6H2,1H3,(H,14,17,18). The van der Waals surface area contributed by atoms with Crippen LogP contribution in [0.5, 0.6) is 0 Å². The lowest BCUT2D eigenvalue weighted by atomic mass is 10.3. The van der Waals surface area contributed by atoms with Gasteiger partial charge in [-0.2, -0.15) is 0 Å². The van der Waals surface area contributed by atoms with Crippen molar-refractivity contribution in [1.82, 2.24) is 14.7 Å². The molecule has 98 valence electrons. The summed E-state index contributed by atoms with van der Waals surface area (Å²) in [5, 5.41) is 2.31. The van der Waals surface area contributed by atoms with Gasteiger partial charge in [0.1, 0.15) is 5.82 Å². The Kier molecular flexibility index (Phi) is 2.90. The fourth-order valence-electron chi connectivity index (χ4n) is 2.11. The van der Waals surface area contributed by atoms with Crippen molar-refractivity contribution in [2.24, 2.45) is 0 Å². The smallest absolute Gasteiger partial charge is 0.285 e. The van der Waals surface area contributed by atoms with Gasteiger partial charge >= 0.3 is 6.03 Å². The normalized spacial score (nSPS) is 15.9. The Balaban J connectivity index is 2.06. The zero-order valence-corrected chi connectivity index (χ0v) is 11.1. The monoisotopic (exact) mass is 276 g/mol. The van der Waals surface area contributed by atoms with Crippen LogP contribution in [0.2, 0.25) is 0 Å². The first-order valence-corrected chi connectivity index (χ1v) is 7.04. The molecule has 0 aliphatic carbocycles. The average molecular weight is 276 g/mol. The summed E-state index contributed by atoms with van der Waals surface area (Å²) in [5.74, 6) is 0.441. The molecule has 0 saturated carbocycles. The number of thioether (sulfide) groups is 1. The van der Waals surface area contributed by atoms with E-state index < -0.39 is 6.03 Å². The average Bonchev–Trinajstić information content (AvgIpc) is 2.82. The van der Waals surface area contributed by atoms with Gasteiger partial charge in [-0.05, 0) is 18.4 Å². The predicted molar refractivity (Wildman–Crippen MR) is 72.5 cm³/mol. The Bertz CT molecular complexity index is 667. The third-order valence-electron chi connectivity index (χ3n) is 3.03. The van der Waals surface area contributed by atoms with Crippen molar-refractivity contribution in [3.05, 3.63) is 24.5 Å². The lowest BCUT2D eigenvalue weighted by Crippen LogP contribution is -2.50. The molecule has 0 atom stereocenters. The first-order valence-electron chi connectivity index (χ1n) is 5.82. The van der Waals surface area contributed by atoms with Gasteiger partial charge in [-0.15, -0.1) is 11.8 Å². The van der Waals surface area contributed by atoms with Gasteiger partial charge in [0.15, 0.2) is 5.65 Å². The number of urea groups is 1. The minimum absolute atomic E-state index is 0.236. The molecule has 3 heterocycles. The van der Waals surface area contributed by atoms with E-state index in [1.807, 2.05) is 29.0 Å². The van der Waals surface area contributed by atoms with Gasteiger partial charge < -0.3 is 0 Å². The second-order valence-corrected chi connectivity index (χ2v) is 4.99. The van der Waals surface area contributed by atoms with Gasteiger partial charge in [0.05, 0.1) is 11.1 Å². The minimum Gasteiger partial charge on any atom is -0.285 e. The second-order valence-electron chi connectivity index (χ2n) is 4.14. The molecule has 0 radical (unpaired) electrons. The van der Waals surface area contributed by atoms with Crippen molar-refractivity contribution in [2.75, 3.05) is 17.7 Å². The summed E-state index contributed by atoms with van der Waals surface area (Å²) < 4.78 is 1.86. The van der Waals surface area contributed by atoms with Gasteiger partial charge in [-0.25, -0.2) is 9.78 Å². The van der Waals surface area contributed by atoms with E-state index in [-0.39, 0.29) is 5.91 Å². The van der Waals surface area contributed by atoms with Crippen molar-refractivity contribution >= 4 is 35.2 Å². The number of hydrogen-bond acceptors (Lipinski definition) is 4. The van der Waals surface area contributed by atoms with E-state index >= 15 is 0 Å². The number of aromatic nitrogens is 2. The van der Waals surface area contributed by atoms with E-state index in [1.54, 1.807) is 18.0 Å². The molecule has 0 bridgehead atoms. The second kappa shape index (κ2) is 4.58. The van der Waals surface area contributed by atoms with Crippen LogP contribution in [0.3, 0.4) is 0 Å². The molecule has 1 aliphatic heterocycles. The topological polar surface area (TPSA) is 66.7 Å². The third-order valence-corrected chi connectivity index (χ3v) is 3.79. The Hall–Kier alpha value is -2.02. The number of carbonyl (C=O) groups excluding carboxylic acids is 2. The van der Waals surface area contributed by atoms with Crippen LogP contribution >= 0.6 is 11.8 Å². The minimum atomic E-state index is -0.396. The van der Waals surface area contributed by atoms with Gasteiger partial charge in [0, 0.05) is 19.2 Å². The fourth-order valence-corrected chi connectivity index (χ4v) is 2.66. The molecule has 19 heavy (non-hydrogen) atoms. The number of nitrogens with one attached hydrogen (secondary N) is 1. The van der Waals surface area contributed by atoms with Gasteiger partial charge in [-0.3, -0.25) is 19.4 Å². The molecule has 1 saturated heterocycles. The molecule has 0 unspecified atom stereocenters. The Morgan fingerprint density at radius 3 is 3.00 bits per heavy atom.